The molecular weight excluding hydrogens is 514 g/mol. The third kappa shape index (κ3) is 4.95. The number of carbonyl (C=O) groups excluding carboxylic acids is 2. The van der Waals surface area contributed by atoms with Gasteiger partial charge in [0.1, 0.15) is 12.1 Å². The largest absolute Gasteiger partial charge is 0.340 e. The van der Waals surface area contributed by atoms with Gasteiger partial charge in [-0.05, 0) is 53.9 Å². The van der Waals surface area contributed by atoms with E-state index in [9.17, 15) is 9.59 Å². The summed E-state index contributed by atoms with van der Waals surface area (Å²) in [7, 11) is 0. The quantitative estimate of drug-likeness (QED) is 0.230. The highest BCUT2D eigenvalue weighted by Crippen LogP contribution is 2.40. The molecule has 6 rings (SSSR count). The fourth-order valence-corrected chi connectivity index (χ4v) is 5.34. The van der Waals surface area contributed by atoms with Gasteiger partial charge in [-0.3, -0.25) is 14.9 Å². The van der Waals surface area contributed by atoms with E-state index in [-0.39, 0.29) is 23.1 Å². The molecule has 3 heterocycles. The highest BCUT2D eigenvalue weighted by atomic mass is 16.2. The molecule has 0 fully saturated rings. The minimum Gasteiger partial charge on any atom is -0.340 e. The van der Waals surface area contributed by atoms with Gasteiger partial charge in [-0.15, -0.1) is 0 Å². The zero-order valence-electron chi connectivity index (χ0n) is 23.7. The summed E-state index contributed by atoms with van der Waals surface area (Å²) in [6.45, 7) is 9.88. The number of amides is 2. The third-order valence-electron chi connectivity index (χ3n) is 7.53. The molecule has 0 unspecified atom stereocenters. The molecule has 2 aromatic heterocycles. The highest BCUT2D eigenvalue weighted by molar-refractivity contribution is 6.03. The van der Waals surface area contributed by atoms with Gasteiger partial charge < -0.3 is 10.6 Å². The van der Waals surface area contributed by atoms with Crippen LogP contribution in [0.5, 0.6) is 0 Å². The summed E-state index contributed by atoms with van der Waals surface area (Å²) in [5.74, 6) is 0.698. The lowest BCUT2D eigenvalue weighted by atomic mass is 9.78. The molecule has 0 saturated heterocycles. The Bertz CT molecular complexity index is 1860. The van der Waals surface area contributed by atoms with Gasteiger partial charge in [0, 0.05) is 51.7 Å². The van der Waals surface area contributed by atoms with Crippen LogP contribution < -0.4 is 16.0 Å². The van der Waals surface area contributed by atoms with Gasteiger partial charge in [-0.2, -0.15) is 0 Å². The number of fused-ring (bicyclic) bond motifs is 3. The second kappa shape index (κ2) is 9.92. The van der Waals surface area contributed by atoms with Gasteiger partial charge >= 0.3 is 0 Å². The summed E-state index contributed by atoms with van der Waals surface area (Å²) in [6, 6.07) is 16.1. The second-order valence-corrected chi connectivity index (χ2v) is 11.5. The van der Waals surface area contributed by atoms with Gasteiger partial charge in [-0.25, -0.2) is 19.9 Å². The van der Waals surface area contributed by atoms with E-state index < -0.39 is 0 Å². The number of hydrogen-bond acceptors (Lipinski definition) is 7. The Morgan fingerprint density at radius 3 is 2.66 bits per heavy atom. The summed E-state index contributed by atoms with van der Waals surface area (Å²) in [5, 5.41) is 10.9. The van der Waals surface area contributed by atoms with Crippen LogP contribution in [0.15, 0.2) is 61.1 Å². The van der Waals surface area contributed by atoms with E-state index in [0.29, 0.717) is 18.2 Å². The molecule has 206 valence electrons. The van der Waals surface area contributed by atoms with Gasteiger partial charge in [-0.1, -0.05) is 45.9 Å². The summed E-state index contributed by atoms with van der Waals surface area (Å²) < 4.78 is 0. The predicted molar refractivity (Wildman–Crippen MR) is 162 cm³/mol. The Labute approximate surface area is 237 Å². The lowest BCUT2D eigenvalue weighted by molar-refractivity contribution is -0.119. The van der Waals surface area contributed by atoms with Crippen molar-refractivity contribution in [2.75, 3.05) is 16.0 Å². The van der Waals surface area contributed by atoms with E-state index in [4.69, 9.17) is 0 Å². The maximum absolute atomic E-state index is 12.3. The Balaban J connectivity index is 1.37. The van der Waals surface area contributed by atoms with Crippen molar-refractivity contribution >= 4 is 56.8 Å². The summed E-state index contributed by atoms with van der Waals surface area (Å²) in [5.41, 5.74) is 7.13. The molecule has 1 aliphatic heterocycles. The molecule has 3 aromatic carbocycles. The normalized spacial score (nSPS) is 14.1. The van der Waals surface area contributed by atoms with Crippen LogP contribution in [-0.2, 0) is 15.0 Å². The van der Waals surface area contributed by atoms with Gasteiger partial charge in [0.05, 0.1) is 11.0 Å². The molecular formula is C32H31N7O2. The number of aromatic nitrogens is 4. The van der Waals surface area contributed by atoms with Gasteiger partial charge in [0.2, 0.25) is 17.8 Å². The smallest absolute Gasteiger partial charge is 0.229 e. The van der Waals surface area contributed by atoms with Crippen molar-refractivity contribution in [1.82, 2.24) is 19.9 Å². The number of aryl methyl sites for hydroxylation is 1. The topological polar surface area (TPSA) is 122 Å². The van der Waals surface area contributed by atoms with Crippen molar-refractivity contribution in [3.63, 3.8) is 0 Å². The predicted octanol–water partition coefficient (Wildman–Crippen LogP) is 6.51. The van der Waals surface area contributed by atoms with E-state index in [2.05, 4.69) is 68.8 Å². The number of hydrogen-bond donors (Lipinski definition) is 3. The number of nitrogens with zero attached hydrogens (tertiary/aromatic N) is 4. The fourth-order valence-electron chi connectivity index (χ4n) is 5.34. The molecule has 0 bridgehead atoms. The minimum absolute atomic E-state index is 0.0181. The van der Waals surface area contributed by atoms with Gasteiger partial charge in [0.25, 0.3) is 0 Å². The van der Waals surface area contributed by atoms with Gasteiger partial charge in [0.15, 0.2) is 0 Å². The molecule has 5 aromatic rings. The zero-order chi connectivity index (χ0) is 28.9. The summed E-state index contributed by atoms with van der Waals surface area (Å²) in [6.07, 6.45) is 3.74. The molecule has 0 radical (unpaired) electrons. The lowest BCUT2D eigenvalue weighted by Gasteiger charge is -2.32. The molecule has 0 aliphatic carbocycles. The third-order valence-corrected chi connectivity index (χ3v) is 7.53. The van der Waals surface area contributed by atoms with E-state index in [0.717, 1.165) is 55.4 Å². The maximum Gasteiger partial charge on any atom is 0.229 e. The molecule has 1 aliphatic rings. The van der Waals surface area contributed by atoms with Crippen molar-refractivity contribution in [1.29, 1.82) is 0 Å². The average molecular weight is 546 g/mol. The zero-order valence-corrected chi connectivity index (χ0v) is 23.7. The van der Waals surface area contributed by atoms with Crippen molar-refractivity contribution in [3.8, 4) is 11.1 Å². The molecule has 2 amide bonds. The molecule has 41 heavy (non-hydrogen) atoms. The molecule has 9 heteroatoms. The Morgan fingerprint density at radius 2 is 1.85 bits per heavy atom. The number of nitrogens with one attached hydrogen (secondary N) is 3. The first kappa shape index (κ1) is 26.3. The van der Waals surface area contributed by atoms with Crippen LogP contribution in [0.4, 0.5) is 23.1 Å². The Hall–Kier alpha value is -4.92. The standard InChI is InChI=1S/C32H31N7O2/c1-17(2)30(41)39-31-33-15-20-12-19(7-11-24(20)38-31)27-18(3)6-9-22-28(27)34-16-35-29(22)36-21-8-10-23-25(13-21)37-26(40)14-32(23,4)5/h6-13,15-17H,14H2,1-5H3,(H,37,40)(H,34,35,36)(H,33,38,39,41). The van der Waals surface area contributed by atoms with Crippen molar-refractivity contribution in [3.05, 3.63) is 72.2 Å². The van der Waals surface area contributed by atoms with Crippen molar-refractivity contribution in [2.45, 2.75) is 46.5 Å². The fraction of sp³-hybridized carbons (Fsp3) is 0.250. The highest BCUT2D eigenvalue weighted by Gasteiger charge is 2.31. The first-order chi connectivity index (χ1) is 19.6. The average Bonchev–Trinajstić information content (AvgIpc) is 2.92. The van der Waals surface area contributed by atoms with Crippen molar-refractivity contribution in [2.24, 2.45) is 5.92 Å². The molecule has 9 nitrogen and oxygen atoms in total. The number of carbonyl (C=O) groups is 2. The number of benzene rings is 3. The van der Waals surface area contributed by atoms with Crippen LogP contribution in [0.2, 0.25) is 0 Å². The van der Waals surface area contributed by atoms with Crippen LogP contribution in [0.25, 0.3) is 32.9 Å². The van der Waals surface area contributed by atoms with Crippen LogP contribution in [0.3, 0.4) is 0 Å². The maximum atomic E-state index is 12.3. The Kier molecular flexibility index (Phi) is 6.37. The SMILES string of the molecule is Cc1ccc2c(Nc3ccc4c(c3)NC(=O)CC4(C)C)ncnc2c1-c1ccc2nc(NC(=O)C(C)C)ncc2c1. The van der Waals surface area contributed by atoms with Crippen LogP contribution in [-0.4, -0.2) is 31.8 Å². The van der Waals surface area contributed by atoms with E-state index in [1.165, 1.54) is 0 Å². The molecule has 0 atom stereocenters. The second-order valence-electron chi connectivity index (χ2n) is 11.5. The Morgan fingerprint density at radius 1 is 1.02 bits per heavy atom. The van der Waals surface area contributed by atoms with Crippen LogP contribution >= 0.6 is 0 Å². The first-order valence-electron chi connectivity index (χ1n) is 13.6. The first-order valence-corrected chi connectivity index (χ1v) is 13.6. The summed E-state index contributed by atoms with van der Waals surface area (Å²) in [4.78, 5) is 42.4. The summed E-state index contributed by atoms with van der Waals surface area (Å²) >= 11 is 0. The van der Waals surface area contributed by atoms with E-state index in [1.807, 2.05) is 50.2 Å². The minimum atomic E-state index is -0.223. The number of rotatable bonds is 5. The molecule has 0 spiro atoms. The molecule has 3 N–H and O–H groups in total. The van der Waals surface area contributed by atoms with Crippen molar-refractivity contribution < 1.29 is 9.59 Å². The van der Waals surface area contributed by atoms with E-state index in [1.54, 1.807) is 12.5 Å². The monoisotopic (exact) mass is 545 g/mol. The van der Waals surface area contributed by atoms with E-state index >= 15 is 0 Å². The number of anilines is 4. The lowest BCUT2D eigenvalue weighted by Crippen LogP contribution is -2.32. The van der Waals surface area contributed by atoms with Crippen LogP contribution in [0.1, 0.15) is 45.2 Å². The van der Waals surface area contributed by atoms with Crippen LogP contribution in [0, 0.1) is 12.8 Å². The molecule has 0 saturated carbocycles.